The zero-order valence-corrected chi connectivity index (χ0v) is 15.8. The first-order valence-electron chi connectivity index (χ1n) is 9.60. The van der Waals surface area contributed by atoms with Crippen LogP contribution in [0, 0.1) is 0 Å². The van der Waals surface area contributed by atoms with Crippen molar-refractivity contribution in [2.24, 2.45) is 0 Å². The highest BCUT2D eigenvalue weighted by molar-refractivity contribution is 6.06. The normalized spacial score (nSPS) is 13.8. The number of carbonyl (C=O) groups excluding carboxylic acids is 1. The van der Waals surface area contributed by atoms with E-state index < -0.39 is 11.2 Å². The zero-order valence-electron chi connectivity index (χ0n) is 15.8. The minimum Gasteiger partial charge on any atom is -0.348 e. The van der Waals surface area contributed by atoms with E-state index in [0.29, 0.717) is 11.3 Å². The van der Waals surface area contributed by atoms with E-state index in [2.05, 4.69) is 26.8 Å². The second kappa shape index (κ2) is 6.44. The topological polar surface area (TPSA) is 102 Å². The molecule has 1 aromatic carbocycles. The standard InChI is InChI=1S/C21H19N5O3/c1-2-25-8-7-12-9-14(3-6-17(12)25)23-19(27)13-10-16-18(22-11-13)26(15-4-5-15)21(29)24-20(16)28/h3,6-11,15H,2,4-5H2,1H3,(H,23,27)(H,24,28,29). The summed E-state index contributed by atoms with van der Waals surface area (Å²) >= 11 is 0. The third-order valence-corrected chi connectivity index (χ3v) is 5.32. The smallest absolute Gasteiger partial charge is 0.330 e. The van der Waals surface area contributed by atoms with Crippen LogP contribution in [0.1, 0.15) is 36.2 Å². The summed E-state index contributed by atoms with van der Waals surface area (Å²) in [5, 5.41) is 4.12. The minimum absolute atomic E-state index is 0.0659. The van der Waals surface area contributed by atoms with Crippen LogP contribution in [0.4, 0.5) is 5.69 Å². The number of carbonyl (C=O) groups is 1. The molecule has 0 bridgehead atoms. The molecule has 8 nitrogen and oxygen atoms in total. The molecular formula is C21H19N5O3. The van der Waals surface area contributed by atoms with Gasteiger partial charge in [-0.15, -0.1) is 0 Å². The lowest BCUT2D eigenvalue weighted by atomic mass is 10.2. The van der Waals surface area contributed by atoms with Gasteiger partial charge in [-0.2, -0.15) is 0 Å². The number of amides is 1. The summed E-state index contributed by atoms with van der Waals surface area (Å²) in [4.78, 5) is 43.7. The Labute approximate surface area is 164 Å². The minimum atomic E-state index is -0.536. The molecule has 4 aromatic rings. The molecule has 146 valence electrons. The van der Waals surface area contributed by atoms with Crippen molar-refractivity contribution >= 4 is 33.5 Å². The fourth-order valence-corrected chi connectivity index (χ4v) is 3.69. The van der Waals surface area contributed by atoms with Gasteiger partial charge in [0.2, 0.25) is 0 Å². The quantitative estimate of drug-likeness (QED) is 0.560. The zero-order chi connectivity index (χ0) is 20.1. The average molecular weight is 389 g/mol. The monoisotopic (exact) mass is 389 g/mol. The number of anilines is 1. The van der Waals surface area contributed by atoms with Gasteiger partial charge in [0, 0.05) is 41.6 Å². The van der Waals surface area contributed by atoms with Crippen LogP contribution in [0.5, 0.6) is 0 Å². The van der Waals surface area contributed by atoms with E-state index in [4.69, 9.17) is 0 Å². The summed E-state index contributed by atoms with van der Waals surface area (Å²) < 4.78 is 3.63. The SMILES string of the molecule is CCn1ccc2cc(NC(=O)c3cnc4c(c3)c(=O)[nH]c(=O)n4C3CC3)ccc21. The lowest BCUT2D eigenvalue weighted by Crippen LogP contribution is -2.30. The molecule has 0 saturated heterocycles. The molecule has 2 N–H and O–H groups in total. The third-order valence-electron chi connectivity index (χ3n) is 5.32. The Morgan fingerprint density at radius 2 is 2.07 bits per heavy atom. The number of fused-ring (bicyclic) bond motifs is 2. The van der Waals surface area contributed by atoms with E-state index in [-0.39, 0.29) is 22.9 Å². The molecule has 0 atom stereocenters. The molecule has 3 heterocycles. The van der Waals surface area contributed by atoms with Crippen molar-refractivity contribution in [2.75, 3.05) is 5.32 Å². The largest absolute Gasteiger partial charge is 0.348 e. The van der Waals surface area contributed by atoms with Crippen molar-refractivity contribution < 1.29 is 4.79 Å². The number of benzene rings is 1. The van der Waals surface area contributed by atoms with Crippen molar-refractivity contribution in [1.82, 2.24) is 19.1 Å². The van der Waals surface area contributed by atoms with Crippen molar-refractivity contribution in [2.45, 2.75) is 32.4 Å². The van der Waals surface area contributed by atoms with Gasteiger partial charge in [-0.25, -0.2) is 9.78 Å². The number of aryl methyl sites for hydroxylation is 1. The van der Waals surface area contributed by atoms with Gasteiger partial charge in [0.1, 0.15) is 5.65 Å². The van der Waals surface area contributed by atoms with Crippen LogP contribution in [0.25, 0.3) is 21.9 Å². The van der Waals surface area contributed by atoms with Crippen LogP contribution in [0.15, 0.2) is 52.3 Å². The Morgan fingerprint density at radius 3 is 2.83 bits per heavy atom. The number of pyridine rings is 1. The highest BCUT2D eigenvalue weighted by atomic mass is 16.2. The summed E-state index contributed by atoms with van der Waals surface area (Å²) in [5.41, 5.74) is 1.35. The van der Waals surface area contributed by atoms with E-state index >= 15 is 0 Å². The van der Waals surface area contributed by atoms with E-state index in [0.717, 1.165) is 30.3 Å². The highest BCUT2D eigenvalue weighted by Gasteiger charge is 2.27. The Bertz CT molecular complexity index is 1390. The van der Waals surface area contributed by atoms with Crippen LogP contribution in [-0.4, -0.2) is 25.0 Å². The van der Waals surface area contributed by atoms with Gasteiger partial charge in [-0.05, 0) is 50.1 Å². The van der Waals surface area contributed by atoms with Gasteiger partial charge in [0.05, 0.1) is 10.9 Å². The van der Waals surface area contributed by atoms with Gasteiger partial charge < -0.3 is 9.88 Å². The molecule has 1 fully saturated rings. The van der Waals surface area contributed by atoms with Gasteiger partial charge in [0.15, 0.2) is 0 Å². The molecule has 5 rings (SSSR count). The van der Waals surface area contributed by atoms with E-state index in [1.54, 1.807) is 0 Å². The summed E-state index contributed by atoms with van der Waals surface area (Å²) in [6.07, 6.45) is 5.18. The maximum absolute atomic E-state index is 12.7. The van der Waals surface area contributed by atoms with Crippen molar-refractivity contribution in [3.63, 3.8) is 0 Å². The number of aromatic amines is 1. The third kappa shape index (κ3) is 2.93. The van der Waals surface area contributed by atoms with Crippen molar-refractivity contribution in [3.8, 4) is 0 Å². The van der Waals surface area contributed by atoms with E-state index in [1.807, 2.05) is 30.5 Å². The fourth-order valence-electron chi connectivity index (χ4n) is 3.69. The molecule has 0 spiro atoms. The number of hydrogen-bond donors (Lipinski definition) is 2. The first-order chi connectivity index (χ1) is 14.0. The first-order valence-corrected chi connectivity index (χ1v) is 9.60. The second-order valence-corrected chi connectivity index (χ2v) is 7.29. The van der Waals surface area contributed by atoms with Gasteiger partial charge in [-0.1, -0.05) is 0 Å². The van der Waals surface area contributed by atoms with Gasteiger partial charge in [0.25, 0.3) is 11.5 Å². The highest BCUT2D eigenvalue weighted by Crippen LogP contribution is 2.34. The van der Waals surface area contributed by atoms with Crippen LogP contribution >= 0.6 is 0 Å². The second-order valence-electron chi connectivity index (χ2n) is 7.29. The molecule has 1 aliphatic rings. The van der Waals surface area contributed by atoms with E-state index in [1.165, 1.54) is 16.8 Å². The average Bonchev–Trinajstić information content (AvgIpc) is 3.46. The molecule has 0 unspecified atom stereocenters. The van der Waals surface area contributed by atoms with Crippen molar-refractivity contribution in [3.05, 3.63) is 69.1 Å². The molecule has 1 amide bonds. The summed E-state index contributed by atoms with van der Waals surface area (Å²) in [5.74, 6) is -0.364. The van der Waals surface area contributed by atoms with Crippen molar-refractivity contribution in [1.29, 1.82) is 0 Å². The predicted octanol–water partition coefficient (Wildman–Crippen LogP) is 2.65. The molecular weight excluding hydrogens is 370 g/mol. The molecule has 0 radical (unpaired) electrons. The molecule has 3 aromatic heterocycles. The van der Waals surface area contributed by atoms with Crippen LogP contribution in [0.2, 0.25) is 0 Å². The Kier molecular flexibility index (Phi) is 3.87. The lowest BCUT2D eigenvalue weighted by molar-refractivity contribution is 0.102. The number of rotatable bonds is 4. The van der Waals surface area contributed by atoms with Crippen LogP contribution in [0.3, 0.4) is 0 Å². The predicted molar refractivity (Wildman–Crippen MR) is 110 cm³/mol. The number of nitrogens with one attached hydrogen (secondary N) is 2. The van der Waals surface area contributed by atoms with Crippen LogP contribution in [-0.2, 0) is 6.54 Å². The molecule has 29 heavy (non-hydrogen) atoms. The molecule has 1 saturated carbocycles. The Hall–Kier alpha value is -3.68. The fraction of sp³-hybridized carbons (Fsp3) is 0.238. The molecule has 1 aliphatic carbocycles. The summed E-state index contributed by atoms with van der Waals surface area (Å²) in [6, 6.07) is 9.27. The lowest BCUT2D eigenvalue weighted by Gasteiger charge is -2.09. The van der Waals surface area contributed by atoms with Gasteiger partial charge >= 0.3 is 5.69 Å². The van der Waals surface area contributed by atoms with Gasteiger partial charge in [-0.3, -0.25) is 19.1 Å². The number of nitrogens with zero attached hydrogens (tertiary/aromatic N) is 3. The summed E-state index contributed by atoms with van der Waals surface area (Å²) in [6.45, 7) is 2.95. The Balaban J connectivity index is 1.50. The molecule has 0 aliphatic heterocycles. The van der Waals surface area contributed by atoms with E-state index in [9.17, 15) is 14.4 Å². The first kappa shape index (κ1) is 17.4. The number of hydrogen-bond acceptors (Lipinski definition) is 4. The summed E-state index contributed by atoms with van der Waals surface area (Å²) in [7, 11) is 0. The number of aromatic nitrogens is 4. The maximum Gasteiger partial charge on any atom is 0.330 e. The number of H-pyrrole nitrogens is 1. The van der Waals surface area contributed by atoms with Crippen LogP contribution < -0.4 is 16.6 Å². The Morgan fingerprint density at radius 1 is 1.24 bits per heavy atom. The molecule has 8 heteroatoms. The maximum atomic E-state index is 12.7.